The van der Waals surface area contributed by atoms with E-state index in [1.807, 2.05) is 24.3 Å². The number of esters is 1. The summed E-state index contributed by atoms with van der Waals surface area (Å²) in [6.45, 7) is 6.35. The Labute approximate surface area is 688 Å². The van der Waals surface area contributed by atoms with Gasteiger partial charge in [0, 0.05) is 84.3 Å². The first-order chi connectivity index (χ1) is 56.8. The molecule has 40 heteroatoms. The summed E-state index contributed by atoms with van der Waals surface area (Å²) >= 11 is 0. The molecule has 0 spiro atoms. The number of carboxylic acid groups (broad SMARTS) is 2. The number of cyclic esters (lactones) is 1. The maximum absolute atomic E-state index is 14.8. The lowest BCUT2D eigenvalue weighted by Crippen LogP contribution is -2.58. The quantitative estimate of drug-likeness (QED) is 0.00689. The van der Waals surface area contributed by atoms with Crippen molar-refractivity contribution in [3.8, 4) is 0 Å². The number of para-hydroxylation sites is 2. The molecule has 1 aliphatic rings. The predicted molar refractivity (Wildman–Crippen MR) is 421 cm³/mol. The Kier molecular flexibility index (Phi) is 43.4. The number of H-pyrrole nitrogens is 1. The number of rotatable bonds is 30. The van der Waals surface area contributed by atoms with Crippen LogP contribution in [0.5, 0.6) is 0 Å². The number of hydrogen-bond acceptors (Lipinski definition) is 26. The average molecular weight is 1680 g/mol. The van der Waals surface area contributed by atoms with Crippen molar-refractivity contribution in [3.05, 3.63) is 107 Å². The van der Waals surface area contributed by atoms with Gasteiger partial charge >= 0.3 is 30.2 Å². The summed E-state index contributed by atoms with van der Waals surface area (Å²) in [7, 11) is 0. The molecule has 1 fully saturated rings. The molecule has 0 unspecified atom stereocenters. The standard InChI is InChI=1S/C78H104N14O22.2CO2/c1-8-9-10-11-17-46-23-25-47(26-24-46)40(2)30-63(98)87-57(32-48-36-82-53-21-15-13-18-49(48)53)76(111)89-55(34-62(81)97)59(94)29-43(5)72(107)91-68-45(7)114-78(113)69(70(105)50-19-12-14-20-52(50)80)92-74(109)51(41(3)31-66(101)102)33-61(96)58(39-93)88-65(100)37-83-73(108)44(6)85-71(106)42(4)28-60(95)56(35-67(103)104)90-75(110)54(22-16-27-79)86-64(99)38-84-77(68)112;2*2-1-3/h12-15,18-21,23-26,30,36,41-45,51,54-58,68-69,82,93H,8-11,16-17,22,27-29,31-35,37-39,79-80H2,1-7H3,(H2,81,97)(H,83,108)(H,84,112)(H,85,106)(H,86,99)(H,87,98)(H,88,100)(H,89,111)(H,90,110)(H,91,107)(H,92,109)(H,101,102)(H,103,104);;/b40-30+;;/t41-,42+,43-,44+,45-,51+,54+,55-,56+,57+,58-,68+,69+;;/m1../s1. The Morgan fingerprint density at radius 1 is 0.650 bits per heavy atom. The highest BCUT2D eigenvalue weighted by atomic mass is 16.5. The second-order valence-electron chi connectivity index (χ2n) is 28.6. The predicted octanol–water partition coefficient (Wildman–Crippen LogP) is -1.73. The number of hydrogen-bond donors (Lipinski definition) is 17. The molecule has 0 saturated carbocycles. The number of nitrogens with one attached hydrogen (secondary N) is 11. The molecule has 40 nitrogen and oxygen atoms in total. The molecule has 1 saturated heterocycles. The smallest absolute Gasteiger partial charge is 0.373 e. The topological polar surface area (TPSA) is 660 Å². The molecule has 1 aromatic heterocycles. The van der Waals surface area contributed by atoms with E-state index in [9.17, 15) is 102 Å². The molecule has 0 aliphatic carbocycles. The molecule has 11 amide bonds. The van der Waals surface area contributed by atoms with E-state index >= 15 is 0 Å². The number of anilines is 1. The second-order valence-corrected chi connectivity index (χ2v) is 28.6. The van der Waals surface area contributed by atoms with Crippen LogP contribution in [0.1, 0.15) is 153 Å². The van der Waals surface area contributed by atoms with E-state index in [-0.39, 0.29) is 43.8 Å². The summed E-state index contributed by atoms with van der Waals surface area (Å²) in [5, 5.41) is 54.0. The van der Waals surface area contributed by atoms with Gasteiger partial charge in [0.1, 0.15) is 36.3 Å². The highest BCUT2D eigenvalue weighted by Crippen LogP contribution is 2.25. The lowest BCUT2D eigenvalue weighted by atomic mass is 9.84. The summed E-state index contributed by atoms with van der Waals surface area (Å²) < 4.78 is 5.73. The Balaban J connectivity index is 0.00000601. The number of carbonyl (C=O) groups excluding carboxylic acids is 20. The number of ether oxygens (including phenoxy) is 1. The van der Waals surface area contributed by atoms with Gasteiger partial charge in [-0.2, -0.15) is 19.2 Å². The molecule has 20 N–H and O–H groups in total. The number of aromatic nitrogens is 1. The van der Waals surface area contributed by atoms with E-state index in [0.29, 0.717) is 22.0 Å². The van der Waals surface area contributed by atoms with Crippen molar-refractivity contribution in [1.82, 2.24) is 58.2 Å². The van der Waals surface area contributed by atoms with Crippen LogP contribution in [-0.2, 0) is 118 Å². The zero-order valence-corrected chi connectivity index (χ0v) is 67.3. The fourth-order valence-electron chi connectivity index (χ4n) is 12.4. The summed E-state index contributed by atoms with van der Waals surface area (Å²) in [5.41, 5.74) is 20.5. The summed E-state index contributed by atoms with van der Waals surface area (Å²) in [5.74, 6) is -27.5. The third-order valence-electron chi connectivity index (χ3n) is 19.1. The highest BCUT2D eigenvalue weighted by Gasteiger charge is 2.42. The number of nitrogens with two attached hydrogens (primary N) is 3. The maximum atomic E-state index is 14.8. The number of nitrogen functional groups attached to an aromatic ring is 1. The number of aryl methyl sites for hydroxylation is 1. The molecule has 13 atom stereocenters. The molecule has 3 aromatic carbocycles. The second kappa shape index (κ2) is 51.7. The molecular formula is C80H104N14O26. The van der Waals surface area contributed by atoms with Gasteiger partial charge in [0.2, 0.25) is 65.0 Å². The molecule has 4 aromatic rings. The molecule has 1 aliphatic heterocycles. The van der Waals surface area contributed by atoms with Gasteiger partial charge in [0.15, 0.2) is 29.2 Å². The number of ketones is 4. The van der Waals surface area contributed by atoms with Gasteiger partial charge < -0.3 is 95.4 Å². The van der Waals surface area contributed by atoms with Gasteiger partial charge in [0.25, 0.3) is 0 Å². The van der Waals surface area contributed by atoms with E-state index in [1.54, 1.807) is 37.4 Å². The molecule has 2 heterocycles. The zero-order chi connectivity index (χ0) is 90.0. The first-order valence-electron chi connectivity index (χ1n) is 38.3. The number of aliphatic hydroxyl groups excluding tert-OH is 1. The fourth-order valence-corrected chi connectivity index (χ4v) is 12.4. The number of benzene rings is 3. The Bertz CT molecular complexity index is 4420. The van der Waals surface area contributed by atoms with Crippen molar-refractivity contribution in [2.75, 3.05) is 32.0 Å². The third-order valence-corrected chi connectivity index (χ3v) is 19.1. The summed E-state index contributed by atoms with van der Waals surface area (Å²) in [6, 6.07) is 5.08. The Hall–Kier alpha value is -13.3. The van der Waals surface area contributed by atoms with Crippen molar-refractivity contribution < 1.29 is 126 Å². The maximum Gasteiger partial charge on any atom is 0.373 e. The van der Waals surface area contributed by atoms with Crippen LogP contribution in [0.2, 0.25) is 0 Å². The van der Waals surface area contributed by atoms with Crippen LogP contribution in [0.25, 0.3) is 16.5 Å². The number of amides is 11. The average Bonchev–Trinajstić information content (AvgIpc) is 1.70. The molecule has 0 radical (unpaired) electrons. The van der Waals surface area contributed by atoms with E-state index in [2.05, 4.69) is 65.1 Å². The van der Waals surface area contributed by atoms with Gasteiger partial charge in [0.05, 0.1) is 44.6 Å². The van der Waals surface area contributed by atoms with Crippen molar-refractivity contribution >= 4 is 140 Å². The zero-order valence-electron chi connectivity index (χ0n) is 67.3. The van der Waals surface area contributed by atoms with Gasteiger partial charge in [-0.05, 0) is 99.4 Å². The van der Waals surface area contributed by atoms with Crippen LogP contribution < -0.4 is 70.4 Å². The Morgan fingerprint density at radius 3 is 1.86 bits per heavy atom. The van der Waals surface area contributed by atoms with Crippen LogP contribution in [0.15, 0.2) is 85.1 Å². The Morgan fingerprint density at radius 2 is 1.26 bits per heavy atom. The van der Waals surface area contributed by atoms with E-state index < -0.39 is 248 Å². The number of aliphatic hydroxyl groups is 1. The molecule has 5 rings (SSSR count). The largest absolute Gasteiger partial charge is 0.481 e. The van der Waals surface area contributed by atoms with Gasteiger partial charge in [-0.25, -0.2) is 4.79 Å². The van der Waals surface area contributed by atoms with E-state index in [4.69, 9.17) is 41.1 Å². The SMILES string of the molecule is CCCCCCc1ccc(/C(C)=C/C(=O)N[C@@H](Cc2c[nH]c3ccccc23)C(=O)N[C@H](CC(N)=O)C(=O)C[C@@H](C)C(=O)N[C@@H]2C(=O)NCC(=O)N[C@@H](CCCN)C(=O)N[C@@H](CC(=O)O)C(=O)C[C@H](C)C(=O)N[C@@H](C)C(=O)NCC(=O)N[C@H](CO)C(=O)C[C@@H]([C@H](C)CC(=O)O)C(=O)N[C@@H](C(=O)c3ccccc3N)C(=O)O[C@@H]2C)cc1.O=C=O.O=C=O. The number of unbranched alkanes of at least 4 members (excludes halogenated alkanes) is 3. The van der Waals surface area contributed by atoms with Crippen molar-refractivity contribution in [1.29, 1.82) is 0 Å². The van der Waals surface area contributed by atoms with E-state index in [0.717, 1.165) is 56.2 Å². The fraction of sp³-hybridized carbons (Fsp3) is 0.475. The number of aromatic amines is 1. The van der Waals surface area contributed by atoms with Crippen molar-refractivity contribution in [2.24, 2.45) is 35.1 Å². The lowest BCUT2D eigenvalue weighted by Gasteiger charge is -2.29. The highest BCUT2D eigenvalue weighted by molar-refractivity contribution is 6.16. The first-order valence-corrected chi connectivity index (χ1v) is 38.3. The minimum atomic E-state index is -2.54. The number of carboxylic acids is 2. The van der Waals surface area contributed by atoms with Crippen molar-refractivity contribution in [2.45, 2.75) is 193 Å². The number of primary amides is 1. The lowest BCUT2D eigenvalue weighted by molar-refractivity contribution is -0.193. The van der Waals surface area contributed by atoms with Gasteiger partial charge in [-0.3, -0.25) is 81.5 Å². The van der Waals surface area contributed by atoms with Gasteiger partial charge in [-0.1, -0.05) is 102 Å². The number of fused-ring (bicyclic) bond motifs is 1. The van der Waals surface area contributed by atoms with Crippen LogP contribution in [0, 0.1) is 23.7 Å². The monoisotopic (exact) mass is 1680 g/mol. The van der Waals surface area contributed by atoms with Crippen molar-refractivity contribution in [3.63, 3.8) is 0 Å². The van der Waals surface area contributed by atoms with E-state index in [1.165, 1.54) is 52.0 Å². The molecule has 650 valence electrons. The van der Waals surface area contributed by atoms with Crippen LogP contribution >= 0.6 is 0 Å². The number of allylic oxidation sites excluding steroid dienone is 1. The molecule has 0 bridgehead atoms. The molecule has 120 heavy (non-hydrogen) atoms. The van der Waals surface area contributed by atoms with Crippen LogP contribution in [0.4, 0.5) is 5.69 Å². The minimum Gasteiger partial charge on any atom is -0.481 e. The summed E-state index contributed by atoms with van der Waals surface area (Å²) in [6.07, 6.45) is 0.773. The first kappa shape index (κ1) is 101. The van der Waals surface area contributed by atoms with Crippen LogP contribution in [-0.4, -0.2) is 219 Å². The van der Waals surface area contributed by atoms with Gasteiger partial charge in [-0.15, -0.1) is 0 Å². The normalized spacial score (nSPS) is 20.7. The number of Topliss-reactive ketones (excluding diaryl/α,β-unsaturated/α-hetero) is 4. The minimum absolute atomic E-state index is 0.00500. The number of carbonyl (C=O) groups is 18. The summed E-state index contributed by atoms with van der Waals surface area (Å²) in [4.78, 5) is 285. The molecular weight excluding hydrogens is 1570 g/mol. The third kappa shape index (κ3) is 34.1. The van der Waals surface area contributed by atoms with Crippen LogP contribution in [0.3, 0.4) is 0 Å². The number of aliphatic carboxylic acids is 2.